The summed E-state index contributed by atoms with van der Waals surface area (Å²) in [5, 5.41) is 3.67. The fraction of sp³-hybridized carbons (Fsp3) is 0.684. The van der Waals surface area contributed by atoms with Crippen molar-refractivity contribution in [3.63, 3.8) is 0 Å². The minimum Gasteiger partial charge on any atom is -0.312 e. The molecule has 0 saturated carbocycles. The van der Waals surface area contributed by atoms with Crippen LogP contribution in [0.1, 0.15) is 59.6 Å². The van der Waals surface area contributed by atoms with E-state index < -0.39 is 0 Å². The topological polar surface area (TPSA) is 12.0 Å². The molecule has 114 valence electrons. The predicted octanol–water partition coefficient (Wildman–Crippen LogP) is 4.84. The molecule has 0 spiro atoms. The van der Waals surface area contributed by atoms with Crippen LogP contribution >= 0.6 is 0 Å². The molecule has 0 fully saturated rings. The average molecular weight is 275 g/mol. The van der Waals surface area contributed by atoms with Crippen molar-refractivity contribution < 1.29 is 0 Å². The molecule has 1 N–H and O–H groups in total. The lowest BCUT2D eigenvalue weighted by Gasteiger charge is -2.34. The van der Waals surface area contributed by atoms with Crippen LogP contribution in [0.25, 0.3) is 0 Å². The summed E-state index contributed by atoms with van der Waals surface area (Å²) in [6, 6.07) is 9.14. The normalized spacial score (nSPS) is 14.3. The summed E-state index contributed by atoms with van der Waals surface area (Å²) in [7, 11) is 0. The number of hydrogen-bond donors (Lipinski definition) is 1. The maximum absolute atomic E-state index is 3.67. The van der Waals surface area contributed by atoms with Gasteiger partial charge >= 0.3 is 0 Å². The van der Waals surface area contributed by atoms with Gasteiger partial charge in [0.2, 0.25) is 0 Å². The van der Waals surface area contributed by atoms with Crippen LogP contribution in [0.3, 0.4) is 0 Å². The maximum Gasteiger partial charge on any atom is 0.00966 e. The molecule has 20 heavy (non-hydrogen) atoms. The zero-order chi connectivity index (χ0) is 15.4. The molecule has 0 aliphatic carbocycles. The molecule has 0 radical (unpaired) electrons. The Morgan fingerprint density at radius 1 is 0.900 bits per heavy atom. The number of benzene rings is 1. The summed E-state index contributed by atoms with van der Waals surface area (Å²) >= 11 is 0. The highest BCUT2D eigenvalue weighted by atomic mass is 14.9. The van der Waals surface area contributed by atoms with Gasteiger partial charge in [-0.05, 0) is 62.6 Å². The van der Waals surface area contributed by atoms with Crippen LogP contribution in [0.4, 0.5) is 0 Å². The second-order valence-corrected chi connectivity index (χ2v) is 8.07. The van der Waals surface area contributed by atoms with E-state index in [0.29, 0.717) is 11.3 Å². The Bertz CT molecular complexity index is 389. The Labute approximate surface area is 126 Å². The highest BCUT2D eigenvalue weighted by molar-refractivity contribution is 5.23. The third kappa shape index (κ3) is 6.09. The lowest BCUT2D eigenvalue weighted by Crippen LogP contribution is -2.42. The largest absolute Gasteiger partial charge is 0.312 e. The van der Waals surface area contributed by atoms with Crippen LogP contribution in [0, 0.1) is 11.3 Å². The van der Waals surface area contributed by atoms with Gasteiger partial charge < -0.3 is 5.32 Å². The molecule has 0 aliphatic rings. The molecular formula is C19H33N. The molecule has 0 bridgehead atoms. The van der Waals surface area contributed by atoms with Crippen LogP contribution in [0.2, 0.25) is 0 Å². The van der Waals surface area contributed by atoms with E-state index in [0.717, 1.165) is 19.4 Å². The minimum atomic E-state index is 0.190. The van der Waals surface area contributed by atoms with Crippen molar-refractivity contribution in [1.82, 2.24) is 5.32 Å². The summed E-state index contributed by atoms with van der Waals surface area (Å²) in [6.45, 7) is 17.0. The Balaban J connectivity index is 2.73. The molecular weight excluding hydrogens is 242 g/mol. The van der Waals surface area contributed by atoms with Gasteiger partial charge in [0.25, 0.3) is 0 Å². The number of aryl methyl sites for hydroxylation is 1. The van der Waals surface area contributed by atoms with Gasteiger partial charge in [-0.25, -0.2) is 0 Å². The van der Waals surface area contributed by atoms with Crippen molar-refractivity contribution in [3.05, 3.63) is 35.4 Å². The molecule has 0 aliphatic heterocycles. The molecule has 1 atom stereocenters. The van der Waals surface area contributed by atoms with Gasteiger partial charge in [-0.15, -0.1) is 0 Å². The minimum absolute atomic E-state index is 0.190. The van der Waals surface area contributed by atoms with E-state index in [1.54, 1.807) is 0 Å². The Morgan fingerprint density at radius 2 is 1.40 bits per heavy atom. The van der Waals surface area contributed by atoms with Gasteiger partial charge in [0.1, 0.15) is 0 Å². The van der Waals surface area contributed by atoms with E-state index in [1.165, 1.54) is 11.1 Å². The molecule has 0 heterocycles. The van der Waals surface area contributed by atoms with E-state index in [2.05, 4.69) is 78.0 Å². The van der Waals surface area contributed by atoms with E-state index in [4.69, 9.17) is 0 Å². The van der Waals surface area contributed by atoms with Crippen molar-refractivity contribution in [2.75, 3.05) is 6.54 Å². The van der Waals surface area contributed by atoms with Crippen LogP contribution in [0.5, 0.6) is 0 Å². The van der Waals surface area contributed by atoms with Gasteiger partial charge in [0, 0.05) is 5.54 Å². The zero-order valence-corrected chi connectivity index (χ0v) is 14.5. The van der Waals surface area contributed by atoms with E-state index in [1.807, 2.05) is 0 Å². The van der Waals surface area contributed by atoms with E-state index in [-0.39, 0.29) is 5.54 Å². The van der Waals surface area contributed by atoms with Crippen LogP contribution in [0.15, 0.2) is 24.3 Å². The summed E-state index contributed by atoms with van der Waals surface area (Å²) in [4.78, 5) is 0. The molecule has 1 aromatic carbocycles. The molecule has 1 rings (SSSR count). The highest BCUT2D eigenvalue weighted by Gasteiger charge is 2.26. The maximum atomic E-state index is 3.67. The number of hydrogen-bond acceptors (Lipinski definition) is 1. The van der Waals surface area contributed by atoms with Crippen LogP contribution in [-0.2, 0) is 12.8 Å². The van der Waals surface area contributed by atoms with Crippen molar-refractivity contribution in [2.24, 2.45) is 11.3 Å². The summed E-state index contributed by atoms with van der Waals surface area (Å²) in [5.41, 5.74) is 3.39. The summed E-state index contributed by atoms with van der Waals surface area (Å²) in [5.74, 6) is 0.647. The molecule has 0 saturated heterocycles. The van der Waals surface area contributed by atoms with E-state index >= 15 is 0 Å². The Morgan fingerprint density at radius 3 is 1.80 bits per heavy atom. The third-order valence-electron chi connectivity index (χ3n) is 4.02. The quantitative estimate of drug-likeness (QED) is 0.810. The van der Waals surface area contributed by atoms with E-state index in [9.17, 15) is 0 Å². The third-order valence-corrected chi connectivity index (χ3v) is 4.02. The van der Waals surface area contributed by atoms with Gasteiger partial charge in [-0.1, -0.05) is 52.0 Å². The Kier molecular flexibility index (Phi) is 5.82. The Hall–Kier alpha value is -0.820. The fourth-order valence-electron chi connectivity index (χ4n) is 2.31. The summed E-state index contributed by atoms with van der Waals surface area (Å²) in [6.07, 6.45) is 2.27. The predicted molar refractivity (Wildman–Crippen MR) is 90.2 cm³/mol. The van der Waals surface area contributed by atoms with Gasteiger partial charge in [-0.2, -0.15) is 0 Å². The van der Waals surface area contributed by atoms with Crippen molar-refractivity contribution in [1.29, 1.82) is 0 Å². The van der Waals surface area contributed by atoms with Gasteiger partial charge in [-0.3, -0.25) is 0 Å². The second-order valence-electron chi connectivity index (χ2n) is 8.07. The molecule has 1 unspecified atom stereocenters. The van der Waals surface area contributed by atoms with Gasteiger partial charge in [0.05, 0.1) is 0 Å². The first-order valence-electron chi connectivity index (χ1n) is 7.94. The van der Waals surface area contributed by atoms with Crippen molar-refractivity contribution in [3.8, 4) is 0 Å². The molecule has 0 amide bonds. The molecule has 1 aromatic rings. The van der Waals surface area contributed by atoms with Crippen LogP contribution < -0.4 is 5.32 Å². The number of rotatable bonds is 5. The lowest BCUT2D eigenvalue weighted by atomic mass is 9.77. The highest BCUT2D eigenvalue weighted by Crippen LogP contribution is 2.29. The molecule has 1 heteroatoms. The monoisotopic (exact) mass is 275 g/mol. The fourth-order valence-corrected chi connectivity index (χ4v) is 2.31. The molecule has 1 nitrogen and oxygen atoms in total. The smallest absolute Gasteiger partial charge is 0.00966 e. The SMILES string of the molecule is CCc1ccc(CC(CNC(C)(C)C)C(C)(C)C)cc1. The first-order valence-corrected chi connectivity index (χ1v) is 7.94. The van der Waals surface area contributed by atoms with Crippen molar-refractivity contribution >= 4 is 0 Å². The molecule has 0 aromatic heterocycles. The van der Waals surface area contributed by atoms with Crippen molar-refractivity contribution in [2.45, 2.75) is 66.8 Å². The zero-order valence-electron chi connectivity index (χ0n) is 14.5. The average Bonchev–Trinajstić information content (AvgIpc) is 2.32. The van der Waals surface area contributed by atoms with Crippen LogP contribution in [-0.4, -0.2) is 12.1 Å². The number of nitrogens with one attached hydrogen (secondary N) is 1. The standard InChI is InChI=1S/C19H33N/c1-8-15-9-11-16(12-10-15)13-17(18(2,3)4)14-20-19(5,6)7/h9-12,17,20H,8,13-14H2,1-7H3. The first-order chi connectivity index (χ1) is 9.12. The summed E-state index contributed by atoms with van der Waals surface area (Å²) < 4.78 is 0. The van der Waals surface area contributed by atoms with Gasteiger partial charge in [0.15, 0.2) is 0 Å². The first kappa shape index (κ1) is 17.2. The lowest BCUT2D eigenvalue weighted by molar-refractivity contribution is 0.214. The second kappa shape index (κ2) is 6.76.